The van der Waals surface area contributed by atoms with Crippen LogP contribution in [0.25, 0.3) is 0 Å². The van der Waals surface area contributed by atoms with Crippen LogP contribution in [-0.2, 0) is 24.3 Å². The van der Waals surface area contributed by atoms with Gasteiger partial charge in [0.05, 0.1) is 6.54 Å². The number of carbonyl (C=O) groups is 1. The highest BCUT2D eigenvalue weighted by Gasteiger charge is 2.43. The number of hydrogen-bond acceptors (Lipinski definition) is 3. The average molecular weight is 300 g/mol. The van der Waals surface area contributed by atoms with Crippen molar-refractivity contribution in [3.63, 3.8) is 0 Å². The van der Waals surface area contributed by atoms with Crippen LogP contribution in [0, 0.1) is 11.7 Å². The fourth-order valence-corrected chi connectivity index (χ4v) is 3.20. The molecular weight excluding hydrogens is 283 g/mol. The van der Waals surface area contributed by atoms with Crippen LogP contribution in [0.5, 0.6) is 0 Å². The smallest absolute Gasteiger partial charge is 0.224 e. The summed E-state index contributed by atoms with van der Waals surface area (Å²) >= 11 is 0. The summed E-state index contributed by atoms with van der Waals surface area (Å²) in [5.41, 5.74) is 1.03. The van der Waals surface area contributed by atoms with Crippen molar-refractivity contribution in [1.29, 1.82) is 0 Å². The lowest BCUT2D eigenvalue weighted by atomic mass is 10.1. The Morgan fingerprint density at radius 2 is 2.14 bits per heavy atom. The van der Waals surface area contributed by atoms with E-state index < -0.39 is 0 Å². The quantitative estimate of drug-likeness (QED) is 0.936. The van der Waals surface area contributed by atoms with E-state index in [1.54, 1.807) is 12.1 Å². The molecule has 1 aliphatic carbocycles. The van der Waals surface area contributed by atoms with E-state index in [-0.39, 0.29) is 23.6 Å². The number of aromatic nitrogens is 3. The minimum absolute atomic E-state index is 0.00793. The van der Waals surface area contributed by atoms with Crippen molar-refractivity contribution in [2.75, 3.05) is 0 Å². The van der Waals surface area contributed by atoms with Gasteiger partial charge in [-0.2, -0.15) is 0 Å². The number of nitrogens with one attached hydrogen (secondary N) is 1. The number of amides is 1. The van der Waals surface area contributed by atoms with E-state index in [1.165, 1.54) is 12.1 Å². The van der Waals surface area contributed by atoms with Gasteiger partial charge in [-0.3, -0.25) is 4.79 Å². The molecule has 0 saturated heterocycles. The van der Waals surface area contributed by atoms with Crippen molar-refractivity contribution in [1.82, 2.24) is 20.1 Å². The van der Waals surface area contributed by atoms with E-state index in [0.29, 0.717) is 6.54 Å². The molecule has 1 amide bonds. The molecule has 6 heteroatoms. The molecule has 1 aromatic carbocycles. The SMILES string of the molecule is O=C(NCc1nnc2n1CCC2)C1CC1c1ccc(F)cc1. The number of nitrogens with zero attached hydrogens (tertiary/aromatic N) is 3. The minimum Gasteiger partial charge on any atom is -0.349 e. The van der Waals surface area contributed by atoms with Crippen molar-refractivity contribution in [2.45, 2.75) is 38.3 Å². The van der Waals surface area contributed by atoms with E-state index in [0.717, 1.165) is 43.0 Å². The molecule has 1 N–H and O–H groups in total. The third-order valence-electron chi connectivity index (χ3n) is 4.53. The van der Waals surface area contributed by atoms with Gasteiger partial charge in [0.15, 0.2) is 5.82 Å². The lowest BCUT2D eigenvalue weighted by Gasteiger charge is -2.06. The molecule has 22 heavy (non-hydrogen) atoms. The molecule has 0 spiro atoms. The third-order valence-corrected chi connectivity index (χ3v) is 4.53. The number of aryl methyl sites for hydroxylation is 1. The Morgan fingerprint density at radius 1 is 1.32 bits per heavy atom. The summed E-state index contributed by atoms with van der Waals surface area (Å²) in [7, 11) is 0. The molecule has 1 aromatic heterocycles. The minimum atomic E-state index is -0.244. The number of rotatable bonds is 4. The molecule has 2 unspecified atom stereocenters. The first kappa shape index (κ1) is 13.4. The third kappa shape index (κ3) is 2.38. The first-order valence-electron chi connectivity index (χ1n) is 7.66. The molecule has 2 atom stereocenters. The maximum absolute atomic E-state index is 12.9. The van der Waals surface area contributed by atoms with E-state index >= 15 is 0 Å². The van der Waals surface area contributed by atoms with Gasteiger partial charge in [-0.25, -0.2) is 4.39 Å². The van der Waals surface area contributed by atoms with Gasteiger partial charge in [-0.15, -0.1) is 10.2 Å². The van der Waals surface area contributed by atoms with Gasteiger partial charge < -0.3 is 9.88 Å². The molecule has 2 aromatic rings. The van der Waals surface area contributed by atoms with E-state index in [1.807, 2.05) is 0 Å². The first-order chi connectivity index (χ1) is 10.7. The van der Waals surface area contributed by atoms with Crippen LogP contribution in [0.3, 0.4) is 0 Å². The Morgan fingerprint density at radius 3 is 2.95 bits per heavy atom. The van der Waals surface area contributed by atoms with Gasteiger partial charge in [-0.1, -0.05) is 12.1 Å². The van der Waals surface area contributed by atoms with Crippen LogP contribution in [0.2, 0.25) is 0 Å². The predicted octanol–water partition coefficient (Wildman–Crippen LogP) is 1.78. The molecule has 114 valence electrons. The molecule has 5 nitrogen and oxygen atoms in total. The molecular formula is C16H17FN4O. The summed E-state index contributed by atoms with van der Waals surface area (Å²) in [6.45, 7) is 1.37. The van der Waals surface area contributed by atoms with Crippen LogP contribution in [0.4, 0.5) is 4.39 Å². The standard InChI is InChI=1S/C16H17FN4O/c17-11-5-3-10(4-6-11)12-8-13(12)16(22)18-9-15-20-19-14-2-1-7-21(14)15/h3-6,12-13H,1-2,7-9H2,(H,18,22). The summed E-state index contributed by atoms with van der Waals surface area (Å²) < 4.78 is 15.0. The fraction of sp³-hybridized carbons (Fsp3) is 0.438. The zero-order valence-electron chi connectivity index (χ0n) is 12.1. The monoisotopic (exact) mass is 300 g/mol. The summed E-state index contributed by atoms with van der Waals surface area (Å²) in [4.78, 5) is 12.2. The zero-order chi connectivity index (χ0) is 15.1. The molecule has 2 heterocycles. The van der Waals surface area contributed by atoms with Gasteiger partial charge in [-0.05, 0) is 36.5 Å². The number of carbonyl (C=O) groups excluding carboxylic acids is 1. The van der Waals surface area contributed by atoms with Gasteiger partial charge in [0.2, 0.25) is 5.91 Å². The predicted molar refractivity (Wildman–Crippen MR) is 77.4 cm³/mol. The normalized spacial score (nSPS) is 22.4. The van der Waals surface area contributed by atoms with Crippen LogP contribution < -0.4 is 5.32 Å². The van der Waals surface area contributed by atoms with Crippen molar-refractivity contribution in [3.05, 3.63) is 47.3 Å². The largest absolute Gasteiger partial charge is 0.349 e. The highest BCUT2D eigenvalue weighted by Crippen LogP contribution is 2.47. The van der Waals surface area contributed by atoms with Crippen molar-refractivity contribution < 1.29 is 9.18 Å². The molecule has 4 rings (SSSR count). The number of benzene rings is 1. The fourth-order valence-electron chi connectivity index (χ4n) is 3.20. The molecule has 0 radical (unpaired) electrons. The maximum atomic E-state index is 12.9. The van der Waals surface area contributed by atoms with Crippen LogP contribution in [0.1, 0.15) is 36.0 Å². The van der Waals surface area contributed by atoms with Crippen LogP contribution >= 0.6 is 0 Å². The van der Waals surface area contributed by atoms with Crippen LogP contribution in [-0.4, -0.2) is 20.7 Å². The molecule has 0 bridgehead atoms. The molecule has 1 fully saturated rings. The van der Waals surface area contributed by atoms with E-state index in [9.17, 15) is 9.18 Å². The van der Waals surface area contributed by atoms with Crippen molar-refractivity contribution in [2.24, 2.45) is 5.92 Å². The van der Waals surface area contributed by atoms with E-state index in [2.05, 4.69) is 20.1 Å². The molecule has 2 aliphatic rings. The van der Waals surface area contributed by atoms with E-state index in [4.69, 9.17) is 0 Å². The number of hydrogen-bond donors (Lipinski definition) is 1. The highest BCUT2D eigenvalue weighted by atomic mass is 19.1. The Labute approximate surface area is 127 Å². The second-order valence-corrected chi connectivity index (χ2v) is 6.01. The summed E-state index contributed by atoms with van der Waals surface area (Å²) in [6, 6.07) is 6.42. The van der Waals surface area contributed by atoms with Gasteiger partial charge in [0, 0.05) is 18.9 Å². The molecule has 1 saturated carbocycles. The number of fused-ring (bicyclic) bond motifs is 1. The van der Waals surface area contributed by atoms with Gasteiger partial charge in [0.1, 0.15) is 11.6 Å². The Kier molecular flexibility index (Phi) is 3.17. The summed E-state index contributed by atoms with van der Waals surface area (Å²) in [5, 5.41) is 11.2. The maximum Gasteiger partial charge on any atom is 0.224 e. The Hall–Kier alpha value is -2.24. The Balaban J connectivity index is 1.35. The first-order valence-corrected chi connectivity index (χ1v) is 7.66. The van der Waals surface area contributed by atoms with Gasteiger partial charge in [0.25, 0.3) is 0 Å². The topological polar surface area (TPSA) is 59.8 Å². The lowest BCUT2D eigenvalue weighted by Crippen LogP contribution is -2.26. The van der Waals surface area contributed by atoms with Crippen molar-refractivity contribution >= 4 is 5.91 Å². The highest BCUT2D eigenvalue weighted by molar-refractivity contribution is 5.82. The lowest BCUT2D eigenvalue weighted by molar-refractivity contribution is -0.122. The van der Waals surface area contributed by atoms with Gasteiger partial charge >= 0.3 is 0 Å². The second kappa shape index (κ2) is 5.19. The number of halogens is 1. The molecule has 1 aliphatic heterocycles. The zero-order valence-corrected chi connectivity index (χ0v) is 12.1. The van der Waals surface area contributed by atoms with Crippen molar-refractivity contribution in [3.8, 4) is 0 Å². The second-order valence-electron chi connectivity index (χ2n) is 6.01. The Bertz CT molecular complexity index is 709. The van der Waals surface area contributed by atoms with Crippen LogP contribution in [0.15, 0.2) is 24.3 Å². The summed E-state index contributed by atoms with van der Waals surface area (Å²) in [5.74, 6) is 1.85. The summed E-state index contributed by atoms with van der Waals surface area (Å²) in [6.07, 6.45) is 2.90. The average Bonchev–Trinajstić information content (AvgIpc) is 3.01.